The number of carbonyl (C=O) groups is 1. The number of hydrogen-bond donors (Lipinski definition) is 0. The van der Waals surface area contributed by atoms with Crippen LogP contribution in [0.15, 0.2) is 24.3 Å². The van der Waals surface area contributed by atoms with E-state index < -0.39 is 0 Å². The van der Waals surface area contributed by atoms with Crippen LogP contribution < -0.4 is 0 Å². The molecule has 15 heavy (non-hydrogen) atoms. The maximum Gasteiger partial charge on any atom is 0.150 e. The van der Waals surface area contributed by atoms with Crippen LogP contribution in [0.4, 0.5) is 0 Å². The zero-order chi connectivity index (χ0) is 10.5. The number of carbonyl (C=O) groups excluding carboxylic acids is 1. The Hall–Kier alpha value is -1.15. The number of ether oxygens (including phenoxy) is 1. The fourth-order valence-electron chi connectivity index (χ4n) is 1.96. The van der Waals surface area contributed by atoms with Crippen molar-refractivity contribution in [2.45, 2.75) is 31.8 Å². The van der Waals surface area contributed by atoms with Crippen LogP contribution in [0.1, 0.15) is 35.2 Å². The van der Waals surface area contributed by atoms with Crippen LogP contribution in [0.2, 0.25) is 0 Å². The van der Waals surface area contributed by atoms with Crippen LogP contribution in [0.3, 0.4) is 0 Å². The maximum absolute atomic E-state index is 10.5. The van der Waals surface area contributed by atoms with Gasteiger partial charge in [0.15, 0.2) is 0 Å². The second-order valence-electron chi connectivity index (χ2n) is 4.03. The minimum absolute atomic E-state index is 0.454. The molecule has 0 amide bonds. The van der Waals surface area contributed by atoms with Gasteiger partial charge in [-0.3, -0.25) is 4.79 Å². The molecule has 0 unspecified atom stereocenters. The van der Waals surface area contributed by atoms with Crippen molar-refractivity contribution in [2.24, 2.45) is 0 Å². The molecule has 0 aromatic heterocycles. The molecule has 1 fully saturated rings. The summed E-state index contributed by atoms with van der Waals surface area (Å²) in [5.41, 5.74) is 2.03. The lowest BCUT2D eigenvalue weighted by atomic mass is 10.0. The monoisotopic (exact) mass is 204 g/mol. The van der Waals surface area contributed by atoms with Gasteiger partial charge in [-0.1, -0.05) is 24.3 Å². The Labute approximate surface area is 90.3 Å². The lowest BCUT2D eigenvalue weighted by Crippen LogP contribution is -2.06. The van der Waals surface area contributed by atoms with Gasteiger partial charge in [0.25, 0.3) is 0 Å². The third kappa shape index (κ3) is 2.90. The van der Waals surface area contributed by atoms with E-state index in [1.165, 1.54) is 18.4 Å². The van der Waals surface area contributed by atoms with Crippen molar-refractivity contribution in [3.8, 4) is 0 Å². The summed E-state index contributed by atoms with van der Waals surface area (Å²) < 4.78 is 5.56. The average Bonchev–Trinajstić information content (AvgIpc) is 2.80. The third-order valence-corrected chi connectivity index (χ3v) is 2.89. The first-order valence-corrected chi connectivity index (χ1v) is 5.54. The largest absolute Gasteiger partial charge is 0.378 e. The van der Waals surface area contributed by atoms with Crippen LogP contribution in [0.5, 0.6) is 0 Å². The van der Waals surface area contributed by atoms with Crippen LogP contribution in [0, 0.1) is 0 Å². The molecule has 0 aliphatic carbocycles. The van der Waals surface area contributed by atoms with Gasteiger partial charge in [0.05, 0.1) is 6.10 Å². The number of aryl methyl sites for hydroxylation is 1. The number of hydrogen-bond acceptors (Lipinski definition) is 2. The Morgan fingerprint density at radius 2 is 2.13 bits per heavy atom. The topological polar surface area (TPSA) is 26.3 Å². The predicted molar refractivity (Wildman–Crippen MR) is 59.1 cm³/mol. The van der Waals surface area contributed by atoms with Crippen LogP contribution in [0.25, 0.3) is 0 Å². The Kier molecular flexibility index (Phi) is 3.51. The number of aldehydes is 1. The molecule has 1 saturated heterocycles. The van der Waals surface area contributed by atoms with Gasteiger partial charge >= 0.3 is 0 Å². The normalized spacial score (nSPS) is 20.4. The third-order valence-electron chi connectivity index (χ3n) is 2.89. The standard InChI is InChI=1S/C13H16O2/c14-10-12-5-3-11(4-6-12)7-8-13-2-1-9-15-13/h3-6,10,13H,1-2,7-9H2/t13-/m1/s1. The van der Waals surface area contributed by atoms with Gasteiger partial charge in [0.1, 0.15) is 6.29 Å². The highest BCUT2D eigenvalue weighted by Crippen LogP contribution is 2.17. The predicted octanol–water partition coefficient (Wildman–Crippen LogP) is 2.61. The SMILES string of the molecule is O=Cc1ccc(CC[C@H]2CCCO2)cc1. The van der Waals surface area contributed by atoms with Crippen LogP contribution in [-0.2, 0) is 11.2 Å². The fraction of sp³-hybridized carbons (Fsp3) is 0.462. The van der Waals surface area contributed by atoms with Crippen molar-refractivity contribution in [1.82, 2.24) is 0 Å². The lowest BCUT2D eigenvalue weighted by molar-refractivity contribution is 0.104. The minimum atomic E-state index is 0.454. The Bertz CT molecular complexity index is 310. The van der Waals surface area contributed by atoms with Gasteiger partial charge in [-0.2, -0.15) is 0 Å². The van der Waals surface area contributed by atoms with E-state index in [0.717, 1.165) is 31.3 Å². The molecule has 2 nitrogen and oxygen atoms in total. The molecule has 0 radical (unpaired) electrons. The molecule has 80 valence electrons. The summed E-state index contributed by atoms with van der Waals surface area (Å²) in [7, 11) is 0. The smallest absolute Gasteiger partial charge is 0.150 e. The summed E-state index contributed by atoms with van der Waals surface area (Å²) in [6.07, 6.45) is 5.88. The summed E-state index contributed by atoms with van der Waals surface area (Å²) in [5, 5.41) is 0. The Balaban J connectivity index is 1.84. The summed E-state index contributed by atoms with van der Waals surface area (Å²) in [4.78, 5) is 10.5. The van der Waals surface area contributed by atoms with Crippen LogP contribution >= 0.6 is 0 Å². The highest BCUT2D eigenvalue weighted by atomic mass is 16.5. The molecular formula is C13H16O2. The molecule has 0 saturated carbocycles. The molecule has 2 heteroatoms. The van der Waals surface area contributed by atoms with Gasteiger partial charge < -0.3 is 4.74 Å². The highest BCUT2D eigenvalue weighted by molar-refractivity contribution is 5.74. The van der Waals surface area contributed by atoms with Gasteiger partial charge in [-0.15, -0.1) is 0 Å². The van der Waals surface area contributed by atoms with E-state index in [9.17, 15) is 4.79 Å². The van der Waals surface area contributed by atoms with Crippen molar-refractivity contribution >= 4 is 6.29 Å². The van der Waals surface area contributed by atoms with E-state index in [-0.39, 0.29) is 0 Å². The molecule has 1 atom stereocenters. The molecule has 0 N–H and O–H groups in total. The van der Waals surface area contributed by atoms with Crippen LogP contribution in [-0.4, -0.2) is 19.0 Å². The lowest BCUT2D eigenvalue weighted by Gasteiger charge is -2.08. The van der Waals surface area contributed by atoms with E-state index >= 15 is 0 Å². The molecule has 2 rings (SSSR count). The van der Waals surface area contributed by atoms with E-state index in [0.29, 0.717) is 6.10 Å². The molecular weight excluding hydrogens is 188 g/mol. The van der Waals surface area contributed by atoms with E-state index in [1.54, 1.807) is 0 Å². The highest BCUT2D eigenvalue weighted by Gasteiger charge is 2.14. The van der Waals surface area contributed by atoms with Crippen molar-refractivity contribution in [3.05, 3.63) is 35.4 Å². The van der Waals surface area contributed by atoms with Crippen molar-refractivity contribution in [2.75, 3.05) is 6.61 Å². The molecule has 1 heterocycles. The zero-order valence-corrected chi connectivity index (χ0v) is 8.82. The first kappa shape index (κ1) is 10.4. The minimum Gasteiger partial charge on any atom is -0.378 e. The van der Waals surface area contributed by atoms with E-state index in [1.807, 2.05) is 24.3 Å². The van der Waals surface area contributed by atoms with Gasteiger partial charge in [-0.25, -0.2) is 0 Å². The number of benzene rings is 1. The summed E-state index contributed by atoms with van der Waals surface area (Å²) in [5.74, 6) is 0. The summed E-state index contributed by atoms with van der Waals surface area (Å²) in [6, 6.07) is 7.80. The first-order valence-electron chi connectivity index (χ1n) is 5.54. The van der Waals surface area contributed by atoms with Crippen molar-refractivity contribution < 1.29 is 9.53 Å². The average molecular weight is 204 g/mol. The Morgan fingerprint density at radius 3 is 2.73 bits per heavy atom. The fourth-order valence-corrected chi connectivity index (χ4v) is 1.96. The Morgan fingerprint density at radius 1 is 1.33 bits per heavy atom. The molecule has 0 spiro atoms. The van der Waals surface area contributed by atoms with Gasteiger partial charge in [0.2, 0.25) is 0 Å². The zero-order valence-electron chi connectivity index (χ0n) is 8.82. The first-order chi connectivity index (χ1) is 7.38. The van der Waals surface area contributed by atoms with Crippen molar-refractivity contribution in [3.63, 3.8) is 0 Å². The second-order valence-corrected chi connectivity index (χ2v) is 4.03. The quantitative estimate of drug-likeness (QED) is 0.705. The summed E-state index contributed by atoms with van der Waals surface area (Å²) >= 11 is 0. The molecule has 1 aromatic carbocycles. The summed E-state index contributed by atoms with van der Waals surface area (Å²) in [6.45, 7) is 0.925. The van der Waals surface area contributed by atoms with E-state index in [2.05, 4.69) is 0 Å². The van der Waals surface area contributed by atoms with Gasteiger partial charge in [0, 0.05) is 12.2 Å². The molecule has 1 aliphatic rings. The molecule has 1 aromatic rings. The van der Waals surface area contributed by atoms with Crippen molar-refractivity contribution in [1.29, 1.82) is 0 Å². The maximum atomic E-state index is 10.5. The molecule has 0 bridgehead atoms. The number of rotatable bonds is 4. The van der Waals surface area contributed by atoms with Gasteiger partial charge in [-0.05, 0) is 31.2 Å². The second kappa shape index (κ2) is 5.08. The molecule has 1 aliphatic heterocycles. The van der Waals surface area contributed by atoms with E-state index in [4.69, 9.17) is 4.74 Å².